The van der Waals surface area contributed by atoms with Crippen LogP contribution in [0.1, 0.15) is 44.0 Å². The Morgan fingerprint density at radius 1 is 1.73 bits per heavy atom. The molecule has 0 amide bonds. The second-order valence-electron chi connectivity index (χ2n) is 4.05. The number of hydrogen-bond acceptors (Lipinski definition) is 3. The summed E-state index contributed by atoms with van der Waals surface area (Å²) in [7, 11) is 0. The summed E-state index contributed by atoms with van der Waals surface area (Å²) in [4.78, 5) is 4.05. The van der Waals surface area contributed by atoms with E-state index in [1.165, 1.54) is 0 Å². The molecule has 4 heteroatoms. The predicted octanol–water partition coefficient (Wildman–Crippen LogP) is 1.80. The summed E-state index contributed by atoms with van der Waals surface area (Å²) in [5.41, 5.74) is 0.783. The molecule has 15 heavy (non-hydrogen) atoms. The SMILES string of the molecule is CCC(C#N)C(O)c1cncn1C1CC1. The number of aliphatic hydroxyl groups is 1. The highest BCUT2D eigenvalue weighted by molar-refractivity contribution is 5.10. The van der Waals surface area contributed by atoms with Gasteiger partial charge in [-0.05, 0) is 19.3 Å². The van der Waals surface area contributed by atoms with E-state index in [1.54, 1.807) is 12.5 Å². The van der Waals surface area contributed by atoms with Gasteiger partial charge in [-0.1, -0.05) is 6.92 Å². The van der Waals surface area contributed by atoms with E-state index in [0.717, 1.165) is 18.5 Å². The Labute approximate surface area is 89.2 Å². The third kappa shape index (κ3) is 1.88. The molecule has 1 aromatic heterocycles. The maximum Gasteiger partial charge on any atom is 0.111 e. The third-order valence-electron chi connectivity index (χ3n) is 2.93. The molecule has 2 rings (SSSR count). The quantitative estimate of drug-likeness (QED) is 0.815. The van der Waals surface area contributed by atoms with Crippen molar-refractivity contribution in [2.24, 2.45) is 5.92 Å². The van der Waals surface area contributed by atoms with Crippen LogP contribution in [0, 0.1) is 17.2 Å². The van der Waals surface area contributed by atoms with Crippen molar-refractivity contribution < 1.29 is 5.11 Å². The molecular formula is C11H15N3O. The maximum absolute atomic E-state index is 10.0. The maximum atomic E-state index is 10.0. The Morgan fingerprint density at radius 3 is 3.00 bits per heavy atom. The van der Waals surface area contributed by atoms with Crippen LogP contribution < -0.4 is 0 Å². The largest absolute Gasteiger partial charge is 0.385 e. The highest BCUT2D eigenvalue weighted by Crippen LogP contribution is 2.38. The summed E-state index contributed by atoms with van der Waals surface area (Å²) >= 11 is 0. The van der Waals surface area contributed by atoms with E-state index in [0.29, 0.717) is 12.5 Å². The summed E-state index contributed by atoms with van der Waals surface area (Å²) in [5.74, 6) is -0.334. The van der Waals surface area contributed by atoms with Gasteiger partial charge in [0.25, 0.3) is 0 Å². The second-order valence-corrected chi connectivity index (χ2v) is 4.05. The van der Waals surface area contributed by atoms with Crippen molar-refractivity contribution in [3.63, 3.8) is 0 Å². The number of hydrogen-bond donors (Lipinski definition) is 1. The van der Waals surface area contributed by atoms with Crippen LogP contribution in [0.4, 0.5) is 0 Å². The molecule has 4 nitrogen and oxygen atoms in total. The lowest BCUT2D eigenvalue weighted by atomic mass is 9.99. The lowest BCUT2D eigenvalue weighted by Gasteiger charge is -2.16. The molecule has 2 atom stereocenters. The van der Waals surface area contributed by atoms with Crippen LogP contribution >= 0.6 is 0 Å². The molecule has 0 bridgehead atoms. The fourth-order valence-corrected chi connectivity index (χ4v) is 1.79. The molecule has 1 heterocycles. The zero-order valence-electron chi connectivity index (χ0n) is 8.80. The van der Waals surface area contributed by atoms with E-state index < -0.39 is 6.10 Å². The summed E-state index contributed by atoms with van der Waals surface area (Å²) < 4.78 is 2.00. The predicted molar refractivity (Wildman–Crippen MR) is 54.9 cm³/mol. The van der Waals surface area contributed by atoms with Crippen LogP contribution in [0.5, 0.6) is 0 Å². The Bertz CT molecular complexity index is 375. The molecular weight excluding hydrogens is 190 g/mol. The molecule has 2 unspecified atom stereocenters. The fourth-order valence-electron chi connectivity index (χ4n) is 1.79. The molecule has 1 fully saturated rings. The number of aromatic nitrogens is 2. The van der Waals surface area contributed by atoms with E-state index in [1.807, 2.05) is 11.5 Å². The Kier molecular flexibility index (Phi) is 2.74. The van der Waals surface area contributed by atoms with Crippen LogP contribution in [0.3, 0.4) is 0 Å². The van der Waals surface area contributed by atoms with Gasteiger partial charge in [-0.15, -0.1) is 0 Å². The van der Waals surface area contributed by atoms with Gasteiger partial charge in [0.1, 0.15) is 6.10 Å². The molecule has 0 spiro atoms. The normalized spacial score (nSPS) is 19.5. The lowest BCUT2D eigenvalue weighted by Crippen LogP contribution is -2.14. The average Bonchev–Trinajstić information content (AvgIpc) is 2.98. The summed E-state index contributed by atoms with van der Waals surface area (Å²) in [6.45, 7) is 1.91. The summed E-state index contributed by atoms with van der Waals surface area (Å²) in [5, 5.41) is 18.9. The second kappa shape index (κ2) is 4.03. The first-order chi connectivity index (χ1) is 7.27. The van der Waals surface area contributed by atoms with Crippen molar-refractivity contribution in [1.29, 1.82) is 5.26 Å². The Morgan fingerprint density at radius 2 is 2.47 bits per heavy atom. The number of aliphatic hydroxyl groups excluding tert-OH is 1. The monoisotopic (exact) mass is 205 g/mol. The zero-order valence-corrected chi connectivity index (χ0v) is 8.80. The molecule has 0 aromatic carbocycles. The van der Waals surface area contributed by atoms with Crippen molar-refractivity contribution >= 4 is 0 Å². The van der Waals surface area contributed by atoms with Gasteiger partial charge in [0.15, 0.2) is 0 Å². The first kappa shape index (κ1) is 10.2. The van der Waals surface area contributed by atoms with E-state index >= 15 is 0 Å². The highest BCUT2D eigenvalue weighted by atomic mass is 16.3. The molecule has 1 saturated carbocycles. The molecule has 80 valence electrons. The lowest BCUT2D eigenvalue weighted by molar-refractivity contribution is 0.124. The van der Waals surface area contributed by atoms with Crippen LogP contribution in [0.15, 0.2) is 12.5 Å². The number of nitrogens with zero attached hydrogens (tertiary/aromatic N) is 3. The third-order valence-corrected chi connectivity index (χ3v) is 2.93. The van der Waals surface area contributed by atoms with E-state index in [4.69, 9.17) is 5.26 Å². The minimum atomic E-state index is -0.705. The highest BCUT2D eigenvalue weighted by Gasteiger charge is 2.29. The number of rotatable bonds is 4. The molecule has 1 aliphatic rings. The van der Waals surface area contributed by atoms with Crippen molar-refractivity contribution in [3.8, 4) is 6.07 Å². The average molecular weight is 205 g/mol. The smallest absolute Gasteiger partial charge is 0.111 e. The van der Waals surface area contributed by atoms with Gasteiger partial charge in [-0.2, -0.15) is 5.26 Å². The zero-order chi connectivity index (χ0) is 10.8. The molecule has 1 N–H and O–H groups in total. The minimum Gasteiger partial charge on any atom is -0.385 e. The van der Waals surface area contributed by atoms with Crippen LogP contribution in [0.2, 0.25) is 0 Å². The van der Waals surface area contributed by atoms with Gasteiger partial charge >= 0.3 is 0 Å². The van der Waals surface area contributed by atoms with Gasteiger partial charge in [-0.3, -0.25) is 0 Å². The van der Waals surface area contributed by atoms with E-state index in [-0.39, 0.29) is 5.92 Å². The molecule has 0 radical (unpaired) electrons. The standard InChI is InChI=1S/C11H15N3O/c1-2-8(5-12)11(15)10-6-13-7-14(10)9-3-4-9/h6-9,11,15H,2-4H2,1H3. The van der Waals surface area contributed by atoms with Crippen molar-refractivity contribution in [2.45, 2.75) is 38.3 Å². The number of imidazole rings is 1. The fraction of sp³-hybridized carbons (Fsp3) is 0.636. The van der Waals surface area contributed by atoms with Crippen molar-refractivity contribution in [3.05, 3.63) is 18.2 Å². The number of nitriles is 1. The van der Waals surface area contributed by atoms with E-state index in [9.17, 15) is 5.11 Å². The Hall–Kier alpha value is -1.34. The van der Waals surface area contributed by atoms with Gasteiger partial charge in [0, 0.05) is 6.04 Å². The van der Waals surface area contributed by atoms with Crippen LogP contribution in [-0.2, 0) is 0 Å². The Balaban J connectivity index is 2.20. The summed E-state index contributed by atoms with van der Waals surface area (Å²) in [6, 6.07) is 2.63. The summed E-state index contributed by atoms with van der Waals surface area (Å²) in [6.07, 6.45) is 5.68. The van der Waals surface area contributed by atoms with E-state index in [2.05, 4.69) is 11.1 Å². The van der Waals surface area contributed by atoms with Crippen molar-refractivity contribution in [1.82, 2.24) is 9.55 Å². The van der Waals surface area contributed by atoms with Gasteiger partial charge in [0.2, 0.25) is 0 Å². The van der Waals surface area contributed by atoms with Gasteiger partial charge in [-0.25, -0.2) is 4.98 Å². The molecule has 1 aromatic rings. The van der Waals surface area contributed by atoms with Crippen LogP contribution in [-0.4, -0.2) is 14.7 Å². The van der Waals surface area contributed by atoms with Crippen LogP contribution in [0.25, 0.3) is 0 Å². The molecule has 0 saturated heterocycles. The minimum absolute atomic E-state index is 0.334. The first-order valence-corrected chi connectivity index (χ1v) is 5.37. The first-order valence-electron chi connectivity index (χ1n) is 5.37. The topological polar surface area (TPSA) is 61.8 Å². The van der Waals surface area contributed by atoms with Crippen molar-refractivity contribution in [2.75, 3.05) is 0 Å². The van der Waals surface area contributed by atoms with Gasteiger partial charge < -0.3 is 9.67 Å². The molecule has 0 aliphatic heterocycles. The van der Waals surface area contributed by atoms with Gasteiger partial charge in [0.05, 0.1) is 30.2 Å². The molecule has 1 aliphatic carbocycles.